The van der Waals surface area contributed by atoms with E-state index in [1.807, 2.05) is 24.1 Å². The van der Waals surface area contributed by atoms with Crippen LogP contribution in [0.2, 0.25) is 5.02 Å². The minimum Gasteiger partial charge on any atom is -0.380 e. The Bertz CT molecular complexity index is 1530. The van der Waals surface area contributed by atoms with E-state index in [1.54, 1.807) is 60.8 Å². The Kier molecular flexibility index (Phi) is 8.16. The number of nitrogens with zero attached hydrogens (tertiary/aromatic N) is 2. The predicted molar refractivity (Wildman–Crippen MR) is 153 cm³/mol. The van der Waals surface area contributed by atoms with Gasteiger partial charge in [-0.25, -0.2) is 0 Å². The highest BCUT2D eigenvalue weighted by Crippen LogP contribution is 2.29. The van der Waals surface area contributed by atoms with Gasteiger partial charge in [-0.1, -0.05) is 54.1 Å². The molecule has 2 heterocycles. The van der Waals surface area contributed by atoms with Gasteiger partial charge in [0.2, 0.25) is 5.78 Å². The van der Waals surface area contributed by atoms with E-state index < -0.39 is 23.8 Å². The van der Waals surface area contributed by atoms with Gasteiger partial charge in [-0.2, -0.15) is 0 Å². The molecular formula is C32H27ClN2O5. The van der Waals surface area contributed by atoms with Gasteiger partial charge in [-0.3, -0.25) is 19.4 Å². The minimum absolute atomic E-state index is 0.0688. The van der Waals surface area contributed by atoms with Crippen molar-refractivity contribution in [1.82, 2.24) is 4.98 Å². The predicted octanol–water partition coefficient (Wildman–Crippen LogP) is 6.01. The number of hydrogen-bond donors (Lipinski definition) is 1. The summed E-state index contributed by atoms with van der Waals surface area (Å²) in [5.41, 5.74) is 2.57. The van der Waals surface area contributed by atoms with Crippen molar-refractivity contribution in [2.75, 3.05) is 18.6 Å². The molecule has 0 radical (unpaired) electrons. The van der Waals surface area contributed by atoms with E-state index in [0.29, 0.717) is 23.6 Å². The lowest BCUT2D eigenvalue weighted by Gasteiger charge is -2.19. The number of ketones is 3. The van der Waals surface area contributed by atoms with Crippen LogP contribution in [0.15, 0.2) is 91.1 Å². The third-order valence-corrected chi connectivity index (χ3v) is 7.24. The fourth-order valence-electron chi connectivity index (χ4n) is 4.69. The van der Waals surface area contributed by atoms with Crippen molar-refractivity contribution in [2.45, 2.75) is 25.0 Å². The van der Waals surface area contributed by atoms with Crippen LogP contribution < -0.4 is 4.90 Å². The van der Waals surface area contributed by atoms with Crippen LogP contribution in [-0.4, -0.2) is 47.2 Å². The van der Waals surface area contributed by atoms with E-state index in [-0.39, 0.29) is 28.2 Å². The lowest BCUT2D eigenvalue weighted by Crippen LogP contribution is -2.24. The van der Waals surface area contributed by atoms with Crippen LogP contribution in [0.4, 0.5) is 11.4 Å². The first-order chi connectivity index (χ1) is 19.3. The van der Waals surface area contributed by atoms with Crippen molar-refractivity contribution in [3.05, 3.63) is 124 Å². The highest BCUT2D eigenvalue weighted by Gasteiger charge is 2.31. The molecule has 1 N–H and O–H groups in total. The van der Waals surface area contributed by atoms with Crippen LogP contribution >= 0.6 is 11.6 Å². The second-order valence-corrected chi connectivity index (χ2v) is 10.0. The number of carbonyl (C=O) groups excluding carboxylic acids is 3. The number of Topliss-reactive ketones (excluding diaryl/α,β-unsaturated/α-hetero) is 2. The summed E-state index contributed by atoms with van der Waals surface area (Å²) in [4.78, 5) is 46.1. The zero-order chi connectivity index (χ0) is 28.2. The molecular weight excluding hydrogens is 528 g/mol. The van der Waals surface area contributed by atoms with Gasteiger partial charge in [0.25, 0.3) is 0 Å². The molecule has 1 aliphatic heterocycles. The zero-order valence-corrected chi connectivity index (χ0v) is 22.5. The molecule has 2 unspecified atom stereocenters. The summed E-state index contributed by atoms with van der Waals surface area (Å²) >= 11 is 5.99. The SMILES string of the molecule is CN(c1ccc(Cl)cc1)c1ccc(C(=O)c2ccc(C(=O)C3CCCO3)c(C(O)C(=O)c3ccccc3)c2)nc1. The van der Waals surface area contributed by atoms with E-state index in [9.17, 15) is 19.5 Å². The number of aliphatic hydroxyl groups excluding tert-OH is 1. The lowest BCUT2D eigenvalue weighted by atomic mass is 9.89. The van der Waals surface area contributed by atoms with Crippen LogP contribution in [-0.2, 0) is 4.74 Å². The quantitative estimate of drug-likeness (QED) is 0.253. The fourth-order valence-corrected chi connectivity index (χ4v) is 4.82. The molecule has 0 amide bonds. The Morgan fingerprint density at radius 2 is 1.68 bits per heavy atom. The summed E-state index contributed by atoms with van der Waals surface area (Å²) < 4.78 is 5.56. The highest BCUT2D eigenvalue weighted by molar-refractivity contribution is 6.30. The summed E-state index contributed by atoms with van der Waals surface area (Å²) in [6.07, 6.45) is 0.613. The van der Waals surface area contributed by atoms with Gasteiger partial charge < -0.3 is 14.7 Å². The molecule has 7 nitrogen and oxygen atoms in total. The van der Waals surface area contributed by atoms with Gasteiger partial charge >= 0.3 is 0 Å². The van der Waals surface area contributed by atoms with Crippen molar-refractivity contribution in [1.29, 1.82) is 0 Å². The first-order valence-electron chi connectivity index (χ1n) is 12.9. The molecule has 3 aromatic carbocycles. The summed E-state index contributed by atoms with van der Waals surface area (Å²) in [5, 5.41) is 11.8. The minimum atomic E-state index is -1.64. The molecule has 1 fully saturated rings. The van der Waals surface area contributed by atoms with E-state index in [2.05, 4.69) is 4.98 Å². The van der Waals surface area contributed by atoms with E-state index in [1.165, 1.54) is 18.2 Å². The van der Waals surface area contributed by atoms with Crippen molar-refractivity contribution >= 4 is 40.3 Å². The number of pyridine rings is 1. The number of halogens is 1. The topological polar surface area (TPSA) is 96.8 Å². The number of anilines is 2. The van der Waals surface area contributed by atoms with Crippen LogP contribution in [0.3, 0.4) is 0 Å². The van der Waals surface area contributed by atoms with Gasteiger partial charge in [0, 0.05) is 41.1 Å². The average molecular weight is 555 g/mol. The molecule has 5 rings (SSSR count). The number of aromatic nitrogens is 1. The zero-order valence-electron chi connectivity index (χ0n) is 21.8. The summed E-state index contributed by atoms with van der Waals surface area (Å²) in [6.45, 7) is 0.475. The maximum Gasteiger partial charge on any atom is 0.211 e. The molecule has 0 aliphatic carbocycles. The lowest BCUT2D eigenvalue weighted by molar-refractivity contribution is 0.0632. The molecule has 202 valence electrons. The summed E-state index contributed by atoms with van der Waals surface area (Å²) in [5.74, 6) is -1.30. The molecule has 2 atom stereocenters. The standard InChI is InChI=1S/C32H27ClN2O5/c1-35(23-12-10-22(33)11-13-23)24-14-16-27(34-19-24)29(36)21-9-15-25(31(38)28-8-5-17-40-28)26(18-21)32(39)30(37)20-6-3-2-4-7-20/h2-4,6-7,9-16,18-19,28,32,39H,5,8,17H2,1H3. The largest absolute Gasteiger partial charge is 0.380 e. The number of aliphatic hydroxyl groups is 1. The van der Waals surface area contributed by atoms with Gasteiger partial charge in [0.15, 0.2) is 11.6 Å². The van der Waals surface area contributed by atoms with Gasteiger partial charge in [-0.05, 0) is 60.9 Å². The van der Waals surface area contributed by atoms with Crippen molar-refractivity contribution in [3.8, 4) is 0 Å². The fraction of sp³-hybridized carbons (Fsp3) is 0.188. The summed E-state index contributed by atoms with van der Waals surface area (Å²) in [6, 6.07) is 23.5. The second-order valence-electron chi connectivity index (χ2n) is 9.57. The van der Waals surface area contributed by atoms with E-state index >= 15 is 0 Å². The first-order valence-corrected chi connectivity index (χ1v) is 13.3. The Hall–Kier alpha value is -4.17. The second kappa shape index (κ2) is 11.9. The average Bonchev–Trinajstić information content (AvgIpc) is 3.55. The Balaban J connectivity index is 1.45. The summed E-state index contributed by atoms with van der Waals surface area (Å²) in [7, 11) is 1.88. The molecule has 0 spiro atoms. The number of rotatable bonds is 9. The first kappa shape index (κ1) is 27.4. The normalized spacial score (nSPS) is 15.4. The third kappa shape index (κ3) is 5.72. The number of benzene rings is 3. The van der Waals surface area contributed by atoms with E-state index in [0.717, 1.165) is 17.8 Å². The van der Waals surface area contributed by atoms with Crippen molar-refractivity contribution < 1.29 is 24.2 Å². The molecule has 1 saturated heterocycles. The van der Waals surface area contributed by atoms with Crippen molar-refractivity contribution in [3.63, 3.8) is 0 Å². The molecule has 8 heteroatoms. The van der Waals surface area contributed by atoms with Crippen LogP contribution in [0.25, 0.3) is 0 Å². The van der Waals surface area contributed by atoms with Crippen LogP contribution in [0.5, 0.6) is 0 Å². The maximum atomic E-state index is 13.4. The Labute approximate surface area is 237 Å². The number of carbonyl (C=O) groups is 3. The molecule has 40 heavy (non-hydrogen) atoms. The Morgan fingerprint density at radius 3 is 2.33 bits per heavy atom. The molecule has 4 aromatic rings. The van der Waals surface area contributed by atoms with Gasteiger partial charge in [0.1, 0.15) is 17.9 Å². The molecule has 0 saturated carbocycles. The third-order valence-electron chi connectivity index (χ3n) is 6.98. The molecule has 0 bridgehead atoms. The number of ether oxygens (including phenoxy) is 1. The molecule has 1 aromatic heterocycles. The smallest absolute Gasteiger partial charge is 0.211 e. The monoisotopic (exact) mass is 554 g/mol. The van der Waals surface area contributed by atoms with Gasteiger partial charge in [-0.15, -0.1) is 0 Å². The van der Waals surface area contributed by atoms with Crippen LogP contribution in [0, 0.1) is 0 Å². The highest BCUT2D eigenvalue weighted by atomic mass is 35.5. The Morgan fingerprint density at radius 1 is 0.950 bits per heavy atom. The number of hydrogen-bond acceptors (Lipinski definition) is 7. The molecule has 1 aliphatic rings. The van der Waals surface area contributed by atoms with Gasteiger partial charge in [0.05, 0.1) is 11.9 Å². The maximum absolute atomic E-state index is 13.4. The van der Waals surface area contributed by atoms with E-state index in [4.69, 9.17) is 16.3 Å². The van der Waals surface area contributed by atoms with Crippen LogP contribution in [0.1, 0.15) is 61.3 Å². The van der Waals surface area contributed by atoms with Crippen molar-refractivity contribution in [2.24, 2.45) is 0 Å².